The smallest absolute Gasteiger partial charge is 0.332 e. The number of amides is 1. The molecule has 0 unspecified atom stereocenters. The van der Waals surface area contributed by atoms with Gasteiger partial charge in [-0.1, -0.05) is 18.2 Å². The standard InChI is InChI=1S/C22H25N7O3/c1-14-17(15(2)29(24-14)16-9-7-6-8-10-16)11-25(3)18(30)12-28-21(31)19-20(23-13-26(19)4)27(5)22(28)32/h6-10,13H,11-12H2,1-5H3. The number of benzene rings is 1. The third-order valence-corrected chi connectivity index (χ3v) is 5.76. The molecule has 0 fully saturated rings. The number of carbonyl (C=O) groups is 1. The van der Waals surface area contributed by atoms with Crippen LogP contribution in [0.5, 0.6) is 0 Å². The van der Waals surface area contributed by atoms with Crippen molar-refractivity contribution in [3.05, 3.63) is 74.4 Å². The number of hydrogen-bond donors (Lipinski definition) is 0. The Morgan fingerprint density at radius 1 is 1.09 bits per heavy atom. The number of rotatable bonds is 5. The number of para-hydroxylation sites is 1. The fraction of sp³-hybridized carbons (Fsp3) is 0.318. The van der Waals surface area contributed by atoms with Gasteiger partial charge in [-0.2, -0.15) is 5.10 Å². The number of aromatic nitrogens is 6. The molecule has 3 aromatic heterocycles. The Labute approximate surface area is 183 Å². The number of likely N-dealkylation sites (N-methyl/N-ethyl adjacent to an activating group) is 1. The second-order valence-electron chi connectivity index (χ2n) is 7.91. The van der Waals surface area contributed by atoms with Crippen LogP contribution in [0.3, 0.4) is 0 Å². The van der Waals surface area contributed by atoms with E-state index in [9.17, 15) is 14.4 Å². The summed E-state index contributed by atoms with van der Waals surface area (Å²) in [6.07, 6.45) is 1.47. The van der Waals surface area contributed by atoms with Crippen molar-refractivity contribution in [2.24, 2.45) is 14.1 Å². The van der Waals surface area contributed by atoms with Crippen LogP contribution in [0.1, 0.15) is 17.0 Å². The monoisotopic (exact) mass is 435 g/mol. The molecule has 0 atom stereocenters. The minimum Gasteiger partial charge on any atom is -0.340 e. The van der Waals surface area contributed by atoms with Crippen LogP contribution in [-0.4, -0.2) is 46.3 Å². The SMILES string of the molecule is Cc1nn(-c2ccccc2)c(C)c1CN(C)C(=O)Cn1c(=O)c2c(ncn2C)n(C)c1=O. The van der Waals surface area contributed by atoms with Crippen LogP contribution in [0.2, 0.25) is 0 Å². The number of fused-ring (bicyclic) bond motifs is 1. The fourth-order valence-electron chi connectivity index (χ4n) is 3.84. The van der Waals surface area contributed by atoms with E-state index in [1.54, 1.807) is 18.7 Å². The van der Waals surface area contributed by atoms with Gasteiger partial charge in [-0.25, -0.2) is 19.0 Å². The van der Waals surface area contributed by atoms with Gasteiger partial charge < -0.3 is 9.47 Å². The minimum absolute atomic E-state index is 0.276. The van der Waals surface area contributed by atoms with E-state index in [0.717, 1.165) is 27.2 Å². The van der Waals surface area contributed by atoms with Crippen molar-refractivity contribution in [2.75, 3.05) is 7.05 Å². The summed E-state index contributed by atoms with van der Waals surface area (Å²) >= 11 is 0. The lowest BCUT2D eigenvalue weighted by Gasteiger charge is -2.18. The third-order valence-electron chi connectivity index (χ3n) is 5.76. The highest BCUT2D eigenvalue weighted by Gasteiger charge is 2.21. The molecular formula is C22H25N7O3. The van der Waals surface area contributed by atoms with Gasteiger partial charge in [0.1, 0.15) is 6.54 Å². The molecule has 0 spiro atoms. The second-order valence-corrected chi connectivity index (χ2v) is 7.91. The van der Waals surface area contributed by atoms with Gasteiger partial charge in [-0.15, -0.1) is 0 Å². The van der Waals surface area contributed by atoms with Gasteiger partial charge in [0.05, 0.1) is 17.7 Å². The van der Waals surface area contributed by atoms with Crippen LogP contribution in [0.25, 0.3) is 16.9 Å². The van der Waals surface area contributed by atoms with Gasteiger partial charge in [-0.3, -0.25) is 14.2 Å². The molecule has 1 aromatic carbocycles. The molecule has 32 heavy (non-hydrogen) atoms. The third kappa shape index (κ3) is 3.43. The molecule has 0 saturated heterocycles. The Morgan fingerprint density at radius 3 is 2.47 bits per heavy atom. The number of carbonyl (C=O) groups excluding carboxylic acids is 1. The molecule has 1 amide bonds. The van der Waals surface area contributed by atoms with Crippen LogP contribution < -0.4 is 11.2 Å². The maximum absolute atomic E-state index is 13.0. The first kappa shape index (κ1) is 21.3. The van der Waals surface area contributed by atoms with E-state index in [2.05, 4.69) is 10.1 Å². The van der Waals surface area contributed by atoms with Crippen molar-refractivity contribution < 1.29 is 4.79 Å². The summed E-state index contributed by atoms with van der Waals surface area (Å²) < 4.78 is 5.63. The average molecular weight is 435 g/mol. The maximum Gasteiger partial charge on any atom is 0.332 e. The molecule has 3 heterocycles. The van der Waals surface area contributed by atoms with Gasteiger partial charge in [0.15, 0.2) is 11.2 Å². The molecule has 4 aromatic rings. The highest BCUT2D eigenvalue weighted by Crippen LogP contribution is 2.19. The summed E-state index contributed by atoms with van der Waals surface area (Å²) in [6.45, 7) is 3.81. The molecule has 0 radical (unpaired) electrons. The second kappa shape index (κ2) is 7.95. The van der Waals surface area contributed by atoms with Gasteiger partial charge in [-0.05, 0) is 26.0 Å². The predicted molar refractivity (Wildman–Crippen MR) is 120 cm³/mol. The van der Waals surface area contributed by atoms with Crippen LogP contribution >= 0.6 is 0 Å². The normalized spacial score (nSPS) is 11.3. The first-order chi connectivity index (χ1) is 15.2. The Morgan fingerprint density at radius 2 is 1.78 bits per heavy atom. The van der Waals surface area contributed by atoms with Crippen molar-refractivity contribution in [1.29, 1.82) is 0 Å². The first-order valence-corrected chi connectivity index (χ1v) is 10.2. The summed E-state index contributed by atoms with van der Waals surface area (Å²) in [5.74, 6) is -0.350. The van der Waals surface area contributed by atoms with Crippen LogP contribution in [0, 0.1) is 13.8 Å². The van der Waals surface area contributed by atoms with Gasteiger partial charge >= 0.3 is 5.69 Å². The van der Waals surface area contributed by atoms with Crippen LogP contribution in [-0.2, 0) is 32.0 Å². The zero-order valence-electron chi connectivity index (χ0n) is 18.7. The molecule has 166 valence electrons. The summed E-state index contributed by atoms with van der Waals surface area (Å²) in [4.78, 5) is 44.1. The van der Waals surface area contributed by atoms with Crippen molar-refractivity contribution in [1.82, 2.24) is 33.4 Å². The Kier molecular flexibility index (Phi) is 5.29. The van der Waals surface area contributed by atoms with Crippen molar-refractivity contribution in [3.63, 3.8) is 0 Å². The topological polar surface area (TPSA) is 100.0 Å². The molecule has 0 aliphatic carbocycles. The Balaban J connectivity index is 1.62. The van der Waals surface area contributed by atoms with E-state index in [0.29, 0.717) is 12.2 Å². The molecule has 4 rings (SSSR count). The number of hydrogen-bond acceptors (Lipinski definition) is 5. The lowest BCUT2D eigenvalue weighted by molar-refractivity contribution is -0.131. The van der Waals surface area contributed by atoms with Crippen molar-refractivity contribution >= 4 is 17.1 Å². The lowest BCUT2D eigenvalue weighted by atomic mass is 10.2. The minimum atomic E-state index is -0.577. The Bertz CT molecular complexity index is 1440. The molecule has 0 aliphatic rings. The highest BCUT2D eigenvalue weighted by atomic mass is 16.2. The van der Waals surface area contributed by atoms with Crippen molar-refractivity contribution in [3.8, 4) is 5.69 Å². The van der Waals surface area contributed by atoms with E-state index in [4.69, 9.17) is 0 Å². The van der Waals surface area contributed by atoms with E-state index in [-0.39, 0.29) is 18.0 Å². The van der Waals surface area contributed by atoms with E-state index in [1.807, 2.05) is 48.9 Å². The lowest BCUT2D eigenvalue weighted by Crippen LogP contribution is -2.43. The molecule has 0 N–H and O–H groups in total. The van der Waals surface area contributed by atoms with Gasteiger partial charge in [0.25, 0.3) is 5.56 Å². The molecule has 0 bridgehead atoms. The summed E-state index contributed by atoms with van der Waals surface area (Å²) in [5, 5.41) is 4.62. The number of aryl methyl sites for hydroxylation is 3. The molecule has 10 heteroatoms. The van der Waals surface area contributed by atoms with Gasteiger partial charge in [0, 0.05) is 38.9 Å². The molecular weight excluding hydrogens is 410 g/mol. The highest BCUT2D eigenvalue weighted by molar-refractivity contribution is 5.76. The predicted octanol–water partition coefficient (Wildman–Crippen LogP) is 0.895. The molecule has 10 nitrogen and oxygen atoms in total. The molecule has 0 aliphatic heterocycles. The van der Waals surface area contributed by atoms with Crippen molar-refractivity contribution in [2.45, 2.75) is 26.9 Å². The van der Waals surface area contributed by atoms with E-state index >= 15 is 0 Å². The number of imidazole rings is 1. The summed E-state index contributed by atoms with van der Waals surface area (Å²) in [5.41, 5.74) is 3.06. The first-order valence-electron chi connectivity index (χ1n) is 10.2. The van der Waals surface area contributed by atoms with Gasteiger partial charge in [0.2, 0.25) is 5.91 Å². The quantitative estimate of drug-likeness (QED) is 0.464. The van der Waals surface area contributed by atoms with E-state index in [1.165, 1.54) is 22.8 Å². The maximum atomic E-state index is 13.0. The average Bonchev–Trinajstić information content (AvgIpc) is 3.30. The zero-order valence-corrected chi connectivity index (χ0v) is 18.7. The zero-order chi connectivity index (χ0) is 23.2. The molecule has 0 saturated carbocycles. The summed E-state index contributed by atoms with van der Waals surface area (Å²) in [6, 6.07) is 9.76. The summed E-state index contributed by atoms with van der Waals surface area (Å²) in [7, 11) is 4.86. The fourth-order valence-corrected chi connectivity index (χ4v) is 3.84. The van der Waals surface area contributed by atoms with Crippen LogP contribution in [0.4, 0.5) is 0 Å². The number of nitrogens with zero attached hydrogens (tertiary/aromatic N) is 7. The van der Waals surface area contributed by atoms with Crippen LogP contribution in [0.15, 0.2) is 46.2 Å². The Hall–Kier alpha value is -3.95. The largest absolute Gasteiger partial charge is 0.340 e. The van der Waals surface area contributed by atoms with E-state index < -0.39 is 11.2 Å².